The van der Waals surface area contributed by atoms with Crippen LogP contribution < -0.4 is 5.32 Å². The van der Waals surface area contributed by atoms with E-state index in [0.717, 1.165) is 26.2 Å². The number of nitrogens with one attached hydrogen (secondary N) is 1. The van der Waals surface area contributed by atoms with E-state index >= 15 is 0 Å². The first kappa shape index (κ1) is 12.0. The molecule has 1 rings (SSSR count). The summed E-state index contributed by atoms with van der Waals surface area (Å²) in [5.41, 5.74) is 0. The summed E-state index contributed by atoms with van der Waals surface area (Å²) < 4.78 is 0. The van der Waals surface area contributed by atoms with Crippen LogP contribution >= 0.6 is 0 Å². The molecule has 1 heterocycles. The molecule has 0 aromatic rings. The second kappa shape index (κ2) is 5.75. The van der Waals surface area contributed by atoms with Gasteiger partial charge in [-0.2, -0.15) is 0 Å². The van der Waals surface area contributed by atoms with Crippen molar-refractivity contribution in [1.82, 2.24) is 15.1 Å². The van der Waals surface area contributed by atoms with E-state index in [1.807, 2.05) is 11.0 Å². The van der Waals surface area contributed by atoms with Crippen molar-refractivity contribution in [3.05, 3.63) is 12.3 Å². The van der Waals surface area contributed by atoms with Crippen molar-refractivity contribution in [1.29, 1.82) is 0 Å². The normalized spacial score (nSPS) is 18.8. The van der Waals surface area contributed by atoms with Crippen molar-refractivity contribution in [3.8, 4) is 0 Å². The first-order valence-electron chi connectivity index (χ1n) is 5.50. The van der Waals surface area contributed by atoms with Gasteiger partial charge >= 0.3 is 6.03 Å². The molecule has 2 amide bonds. The van der Waals surface area contributed by atoms with Crippen LogP contribution in [0.25, 0.3) is 0 Å². The lowest BCUT2D eigenvalue weighted by molar-refractivity contribution is 0.157. The van der Waals surface area contributed by atoms with Crippen LogP contribution in [0, 0.1) is 5.92 Å². The van der Waals surface area contributed by atoms with Crippen molar-refractivity contribution in [3.63, 3.8) is 0 Å². The quantitative estimate of drug-likeness (QED) is 0.742. The molecule has 0 aromatic heterocycles. The number of allylic oxidation sites excluding steroid dienone is 1. The average molecular weight is 211 g/mol. The molecule has 0 spiro atoms. The summed E-state index contributed by atoms with van der Waals surface area (Å²) in [6.07, 6.45) is 3.72. The molecule has 1 aliphatic rings. The Morgan fingerprint density at radius 3 is 2.40 bits per heavy atom. The second-order valence-corrected chi connectivity index (χ2v) is 4.34. The molecular weight excluding hydrogens is 190 g/mol. The Morgan fingerprint density at radius 1 is 1.27 bits per heavy atom. The second-order valence-electron chi connectivity index (χ2n) is 4.34. The number of amides is 2. The van der Waals surface area contributed by atoms with E-state index in [1.54, 1.807) is 6.20 Å². The number of piperazine rings is 1. The Bertz CT molecular complexity index is 230. The third kappa shape index (κ3) is 4.34. The summed E-state index contributed by atoms with van der Waals surface area (Å²) in [5.74, 6) is 0.470. The molecule has 1 saturated heterocycles. The maximum absolute atomic E-state index is 11.6. The van der Waals surface area contributed by atoms with Gasteiger partial charge in [0.15, 0.2) is 0 Å². The van der Waals surface area contributed by atoms with Crippen LogP contribution in [0.4, 0.5) is 4.79 Å². The highest BCUT2D eigenvalue weighted by Gasteiger charge is 2.17. The predicted molar refractivity (Wildman–Crippen MR) is 61.6 cm³/mol. The van der Waals surface area contributed by atoms with Gasteiger partial charge in [-0.25, -0.2) is 4.79 Å². The lowest BCUT2D eigenvalue weighted by Gasteiger charge is -2.31. The van der Waals surface area contributed by atoms with Crippen LogP contribution in [0.15, 0.2) is 12.3 Å². The summed E-state index contributed by atoms with van der Waals surface area (Å²) in [7, 11) is 2.08. The van der Waals surface area contributed by atoms with Crippen molar-refractivity contribution in [2.45, 2.75) is 13.8 Å². The minimum atomic E-state index is 0.0139. The average Bonchev–Trinajstić information content (AvgIpc) is 2.18. The largest absolute Gasteiger partial charge is 0.322 e. The van der Waals surface area contributed by atoms with Crippen molar-refractivity contribution in [2.24, 2.45) is 5.92 Å². The fraction of sp³-hybridized carbons (Fsp3) is 0.727. The van der Waals surface area contributed by atoms with Gasteiger partial charge in [0, 0.05) is 32.4 Å². The monoisotopic (exact) mass is 211 g/mol. The van der Waals surface area contributed by atoms with Gasteiger partial charge in [-0.1, -0.05) is 19.9 Å². The van der Waals surface area contributed by atoms with E-state index in [-0.39, 0.29) is 6.03 Å². The molecular formula is C11H21N3O. The van der Waals surface area contributed by atoms with Gasteiger partial charge in [-0.15, -0.1) is 0 Å². The molecule has 4 nitrogen and oxygen atoms in total. The number of carbonyl (C=O) groups excluding carboxylic acids is 1. The van der Waals surface area contributed by atoms with Gasteiger partial charge in [0.25, 0.3) is 0 Å². The first-order chi connectivity index (χ1) is 7.09. The van der Waals surface area contributed by atoms with Gasteiger partial charge in [-0.05, 0) is 13.0 Å². The minimum Gasteiger partial charge on any atom is -0.322 e. The highest BCUT2D eigenvalue weighted by Crippen LogP contribution is 1.99. The van der Waals surface area contributed by atoms with Crippen molar-refractivity contribution >= 4 is 6.03 Å². The summed E-state index contributed by atoms with van der Waals surface area (Å²) in [6, 6.07) is 0.0139. The first-order valence-corrected chi connectivity index (χ1v) is 5.50. The molecule has 1 fully saturated rings. The molecule has 0 aromatic carbocycles. The van der Waals surface area contributed by atoms with E-state index in [2.05, 4.69) is 31.1 Å². The molecule has 4 heteroatoms. The Kier molecular flexibility index (Phi) is 4.62. The van der Waals surface area contributed by atoms with Crippen LogP contribution in [0.3, 0.4) is 0 Å². The number of rotatable bonds is 2. The molecule has 0 unspecified atom stereocenters. The lowest BCUT2D eigenvalue weighted by atomic mass is 10.2. The molecule has 15 heavy (non-hydrogen) atoms. The van der Waals surface area contributed by atoms with Gasteiger partial charge in [0.05, 0.1) is 0 Å². The van der Waals surface area contributed by atoms with E-state index in [9.17, 15) is 4.79 Å². The number of urea groups is 1. The molecule has 0 radical (unpaired) electrons. The number of carbonyl (C=O) groups is 1. The molecule has 86 valence electrons. The smallest absolute Gasteiger partial charge is 0.321 e. The summed E-state index contributed by atoms with van der Waals surface area (Å²) in [4.78, 5) is 15.7. The van der Waals surface area contributed by atoms with Gasteiger partial charge in [-0.3, -0.25) is 0 Å². The van der Waals surface area contributed by atoms with Gasteiger partial charge in [0.2, 0.25) is 0 Å². The van der Waals surface area contributed by atoms with Crippen LogP contribution in [0.5, 0.6) is 0 Å². The zero-order chi connectivity index (χ0) is 11.3. The summed E-state index contributed by atoms with van der Waals surface area (Å²) >= 11 is 0. The van der Waals surface area contributed by atoms with Gasteiger partial charge < -0.3 is 15.1 Å². The van der Waals surface area contributed by atoms with Crippen LogP contribution in [0.1, 0.15) is 13.8 Å². The Morgan fingerprint density at radius 2 is 1.87 bits per heavy atom. The number of nitrogens with zero attached hydrogens (tertiary/aromatic N) is 2. The summed E-state index contributed by atoms with van der Waals surface area (Å²) in [5, 5.41) is 2.79. The topological polar surface area (TPSA) is 35.6 Å². The fourth-order valence-electron chi connectivity index (χ4n) is 1.41. The Labute approximate surface area is 91.9 Å². The van der Waals surface area contributed by atoms with Crippen LogP contribution in [-0.2, 0) is 0 Å². The predicted octanol–water partition coefficient (Wildman–Crippen LogP) is 1.11. The van der Waals surface area contributed by atoms with Crippen LogP contribution in [-0.4, -0.2) is 49.1 Å². The maximum atomic E-state index is 11.6. The zero-order valence-electron chi connectivity index (χ0n) is 9.86. The minimum absolute atomic E-state index is 0.0139. The fourth-order valence-corrected chi connectivity index (χ4v) is 1.41. The SMILES string of the molecule is CC(C)/C=C/NC(=O)N1CCN(C)CC1. The molecule has 0 atom stereocenters. The third-order valence-electron chi connectivity index (χ3n) is 2.48. The molecule has 0 saturated carbocycles. The molecule has 1 aliphatic heterocycles. The Balaban J connectivity index is 2.28. The van der Waals surface area contributed by atoms with E-state index < -0.39 is 0 Å². The van der Waals surface area contributed by atoms with E-state index in [0.29, 0.717) is 5.92 Å². The van der Waals surface area contributed by atoms with Gasteiger partial charge in [0.1, 0.15) is 0 Å². The van der Waals surface area contributed by atoms with Crippen molar-refractivity contribution in [2.75, 3.05) is 33.2 Å². The zero-order valence-corrected chi connectivity index (χ0v) is 9.86. The standard InChI is InChI=1S/C11H21N3O/c1-10(2)4-5-12-11(15)14-8-6-13(3)7-9-14/h4-5,10H,6-9H2,1-3H3,(H,12,15)/b5-4+. The summed E-state index contributed by atoms with van der Waals surface area (Å²) in [6.45, 7) is 7.72. The Hall–Kier alpha value is -1.03. The van der Waals surface area contributed by atoms with E-state index in [1.165, 1.54) is 0 Å². The number of likely N-dealkylation sites (N-methyl/N-ethyl adjacent to an activating group) is 1. The van der Waals surface area contributed by atoms with E-state index in [4.69, 9.17) is 0 Å². The number of hydrogen-bond acceptors (Lipinski definition) is 2. The highest BCUT2D eigenvalue weighted by molar-refractivity contribution is 5.75. The third-order valence-corrected chi connectivity index (χ3v) is 2.48. The lowest BCUT2D eigenvalue weighted by Crippen LogP contribution is -2.49. The highest BCUT2D eigenvalue weighted by atomic mass is 16.2. The molecule has 0 aliphatic carbocycles. The van der Waals surface area contributed by atoms with Crippen molar-refractivity contribution < 1.29 is 4.79 Å². The molecule has 1 N–H and O–H groups in total. The maximum Gasteiger partial charge on any atom is 0.321 e. The van der Waals surface area contributed by atoms with Crippen LogP contribution in [0.2, 0.25) is 0 Å². The molecule has 0 bridgehead atoms. The number of hydrogen-bond donors (Lipinski definition) is 1.